The molecule has 7 nitrogen and oxygen atoms in total. The maximum Gasteiger partial charge on any atom is 0.341 e. The van der Waals surface area contributed by atoms with Gasteiger partial charge in [0, 0.05) is 10.6 Å². The van der Waals surface area contributed by atoms with E-state index in [-0.39, 0.29) is 10.9 Å². The van der Waals surface area contributed by atoms with Crippen molar-refractivity contribution in [2.45, 2.75) is 57.8 Å². The summed E-state index contributed by atoms with van der Waals surface area (Å²) in [5, 5.41) is 7.21. The first-order valence-electron chi connectivity index (χ1n) is 12.1. The van der Waals surface area contributed by atoms with Gasteiger partial charge < -0.3 is 15.4 Å². The van der Waals surface area contributed by atoms with Gasteiger partial charge in [0.1, 0.15) is 5.00 Å². The Labute approximate surface area is 227 Å². The molecular weight excluding hydrogens is 527 g/mol. The summed E-state index contributed by atoms with van der Waals surface area (Å²) in [5.41, 5.74) is 5.64. The molecule has 0 spiro atoms. The molecule has 0 fully saturated rings. The van der Waals surface area contributed by atoms with Gasteiger partial charge in [-0.2, -0.15) is 0 Å². The zero-order valence-electron chi connectivity index (χ0n) is 21.4. The van der Waals surface area contributed by atoms with E-state index < -0.39 is 10.0 Å². The highest BCUT2D eigenvalue weighted by Crippen LogP contribution is 2.38. The SMILES string of the molecule is COC(=O)c1c(NC(=S)Nc2ccc(S(=O)(=O)Nc3c(C)cc(C)cc3C)cc2)sc2c1CCCCC2. The monoisotopic (exact) mass is 557 g/mol. The molecular formula is C27H31N3O4S3. The molecule has 3 N–H and O–H groups in total. The molecule has 0 saturated heterocycles. The number of thiocarbonyl (C=S) groups is 1. The average Bonchev–Trinajstić information content (AvgIpc) is 3.01. The van der Waals surface area contributed by atoms with Gasteiger partial charge in [-0.05, 0) is 99.6 Å². The Morgan fingerprint density at radius 3 is 2.27 bits per heavy atom. The lowest BCUT2D eigenvalue weighted by Gasteiger charge is -2.15. The van der Waals surface area contributed by atoms with Crippen LogP contribution in [-0.4, -0.2) is 26.6 Å². The molecule has 4 rings (SSSR count). The van der Waals surface area contributed by atoms with E-state index in [2.05, 4.69) is 15.4 Å². The van der Waals surface area contributed by atoms with E-state index in [1.165, 1.54) is 24.1 Å². The van der Waals surface area contributed by atoms with Gasteiger partial charge in [0.2, 0.25) is 0 Å². The predicted molar refractivity (Wildman–Crippen MR) is 155 cm³/mol. The minimum Gasteiger partial charge on any atom is -0.465 e. The van der Waals surface area contributed by atoms with Crippen LogP contribution in [0.2, 0.25) is 0 Å². The molecule has 0 radical (unpaired) electrons. The highest BCUT2D eigenvalue weighted by Gasteiger charge is 2.26. The number of hydrogen-bond acceptors (Lipinski definition) is 6. The number of sulfonamides is 1. The second-order valence-corrected chi connectivity index (χ2v) is 12.4. The fourth-order valence-corrected chi connectivity index (χ4v) is 7.44. The first-order valence-corrected chi connectivity index (χ1v) is 14.8. The summed E-state index contributed by atoms with van der Waals surface area (Å²) in [6.45, 7) is 5.75. The molecule has 0 atom stereocenters. The van der Waals surface area contributed by atoms with Gasteiger partial charge in [0.25, 0.3) is 10.0 Å². The van der Waals surface area contributed by atoms with Crippen molar-refractivity contribution in [3.63, 3.8) is 0 Å². The average molecular weight is 558 g/mol. The smallest absolute Gasteiger partial charge is 0.341 e. The van der Waals surface area contributed by atoms with Crippen LogP contribution in [0, 0.1) is 20.8 Å². The van der Waals surface area contributed by atoms with Crippen molar-refractivity contribution in [1.82, 2.24) is 0 Å². The number of benzene rings is 2. The van der Waals surface area contributed by atoms with Crippen molar-refractivity contribution in [3.8, 4) is 0 Å². The fourth-order valence-electron chi connectivity index (χ4n) is 4.67. The number of fused-ring (bicyclic) bond motifs is 1. The van der Waals surface area contributed by atoms with Gasteiger partial charge in [-0.3, -0.25) is 4.72 Å². The van der Waals surface area contributed by atoms with Crippen molar-refractivity contribution in [2.24, 2.45) is 0 Å². The maximum atomic E-state index is 13.0. The van der Waals surface area contributed by atoms with Crippen LogP contribution in [0.25, 0.3) is 0 Å². The van der Waals surface area contributed by atoms with Crippen LogP contribution >= 0.6 is 23.6 Å². The van der Waals surface area contributed by atoms with Crippen LogP contribution in [0.3, 0.4) is 0 Å². The van der Waals surface area contributed by atoms with E-state index in [9.17, 15) is 13.2 Å². The molecule has 1 aliphatic carbocycles. The molecule has 3 aromatic rings. The molecule has 37 heavy (non-hydrogen) atoms. The Bertz CT molecular complexity index is 1420. The zero-order valence-corrected chi connectivity index (χ0v) is 23.8. The number of anilines is 3. The Kier molecular flexibility index (Phi) is 8.20. The van der Waals surface area contributed by atoms with E-state index in [4.69, 9.17) is 17.0 Å². The second kappa shape index (κ2) is 11.2. The van der Waals surface area contributed by atoms with Gasteiger partial charge in [-0.25, -0.2) is 13.2 Å². The standard InChI is InChI=1S/C27H31N3O4S3/c1-16-14-17(2)24(18(3)15-16)30-37(32,33)20-12-10-19(11-13-20)28-27(35)29-25-23(26(31)34-4)21-8-6-5-7-9-22(21)36-25/h10-15,30H,5-9H2,1-4H3,(H2,28,29,35). The molecule has 0 bridgehead atoms. The Morgan fingerprint density at radius 1 is 0.973 bits per heavy atom. The highest BCUT2D eigenvalue weighted by molar-refractivity contribution is 7.92. The lowest BCUT2D eigenvalue weighted by Crippen LogP contribution is -2.20. The molecule has 0 saturated carbocycles. The molecule has 0 aliphatic heterocycles. The Morgan fingerprint density at radius 2 is 1.62 bits per heavy atom. The van der Waals surface area contributed by atoms with Crippen molar-refractivity contribution in [1.29, 1.82) is 0 Å². The number of rotatable bonds is 6. The number of aryl methyl sites for hydroxylation is 4. The van der Waals surface area contributed by atoms with Crippen LogP contribution in [0.4, 0.5) is 16.4 Å². The number of carbonyl (C=O) groups excluding carboxylic acids is 1. The van der Waals surface area contributed by atoms with E-state index in [0.717, 1.165) is 54.4 Å². The van der Waals surface area contributed by atoms with Crippen molar-refractivity contribution < 1.29 is 17.9 Å². The van der Waals surface area contributed by atoms with Crippen LogP contribution in [0.5, 0.6) is 0 Å². The largest absolute Gasteiger partial charge is 0.465 e. The second-order valence-electron chi connectivity index (χ2n) is 9.24. The van der Waals surface area contributed by atoms with Crippen LogP contribution in [-0.2, 0) is 27.6 Å². The normalized spacial score (nSPS) is 13.3. The predicted octanol–water partition coefficient (Wildman–Crippen LogP) is 6.34. The highest BCUT2D eigenvalue weighted by atomic mass is 32.2. The molecule has 1 aliphatic rings. The molecule has 1 heterocycles. The topological polar surface area (TPSA) is 96.5 Å². The summed E-state index contributed by atoms with van der Waals surface area (Å²) < 4.78 is 33.8. The van der Waals surface area contributed by atoms with Crippen molar-refractivity contribution in [3.05, 3.63) is 69.1 Å². The zero-order chi connectivity index (χ0) is 26.7. The van der Waals surface area contributed by atoms with E-state index in [1.54, 1.807) is 23.5 Å². The minimum absolute atomic E-state index is 0.145. The summed E-state index contributed by atoms with van der Waals surface area (Å²) in [5.74, 6) is -0.370. The molecule has 0 amide bonds. The van der Waals surface area contributed by atoms with E-state index in [1.807, 2.05) is 32.9 Å². The summed E-state index contributed by atoms with van der Waals surface area (Å²) in [7, 11) is -2.38. The first-order chi connectivity index (χ1) is 17.6. The quantitative estimate of drug-likeness (QED) is 0.185. The molecule has 196 valence electrons. The maximum absolute atomic E-state index is 13.0. The summed E-state index contributed by atoms with van der Waals surface area (Å²) >= 11 is 7.04. The van der Waals surface area contributed by atoms with Gasteiger partial charge in [-0.15, -0.1) is 11.3 Å². The van der Waals surface area contributed by atoms with Gasteiger partial charge >= 0.3 is 5.97 Å². The van der Waals surface area contributed by atoms with E-state index in [0.29, 0.717) is 27.1 Å². The number of ether oxygens (including phenoxy) is 1. The number of thiophene rings is 1. The summed E-state index contributed by atoms with van der Waals surface area (Å²) in [6, 6.07) is 10.3. The third-order valence-electron chi connectivity index (χ3n) is 6.37. The molecule has 0 unspecified atom stereocenters. The van der Waals surface area contributed by atoms with Crippen molar-refractivity contribution >= 4 is 61.0 Å². The molecule has 2 aromatic carbocycles. The summed E-state index contributed by atoms with van der Waals surface area (Å²) in [4.78, 5) is 13.9. The Balaban J connectivity index is 1.48. The Hall–Kier alpha value is -2.95. The van der Waals surface area contributed by atoms with Gasteiger partial charge in [0.15, 0.2) is 5.11 Å². The van der Waals surface area contributed by atoms with Gasteiger partial charge in [-0.1, -0.05) is 24.1 Å². The number of nitrogens with one attached hydrogen (secondary N) is 3. The third kappa shape index (κ3) is 6.14. The minimum atomic E-state index is -3.76. The number of esters is 1. The number of hydrogen-bond donors (Lipinski definition) is 3. The number of carbonyl (C=O) groups is 1. The van der Waals surface area contributed by atoms with Crippen molar-refractivity contribution in [2.75, 3.05) is 22.5 Å². The van der Waals surface area contributed by atoms with E-state index >= 15 is 0 Å². The van der Waals surface area contributed by atoms with Crippen LogP contribution in [0.1, 0.15) is 56.8 Å². The molecule has 1 aromatic heterocycles. The molecule has 10 heteroatoms. The van der Waals surface area contributed by atoms with Gasteiger partial charge in [0.05, 0.1) is 23.3 Å². The van der Waals surface area contributed by atoms with Crippen LogP contribution < -0.4 is 15.4 Å². The summed E-state index contributed by atoms with van der Waals surface area (Å²) in [6.07, 6.45) is 5.09. The number of methoxy groups -OCH3 is 1. The first kappa shape index (κ1) is 27.1. The fraction of sp³-hybridized carbons (Fsp3) is 0.333. The van der Waals surface area contributed by atoms with Crippen LogP contribution in [0.15, 0.2) is 41.3 Å². The third-order valence-corrected chi connectivity index (χ3v) is 9.15. The lowest BCUT2D eigenvalue weighted by molar-refractivity contribution is 0.0601. The lowest BCUT2D eigenvalue weighted by atomic mass is 10.1.